The summed E-state index contributed by atoms with van der Waals surface area (Å²) < 4.78 is 0. The van der Waals surface area contributed by atoms with Crippen molar-refractivity contribution in [2.24, 2.45) is 5.73 Å². The van der Waals surface area contributed by atoms with Gasteiger partial charge in [-0.25, -0.2) is 0 Å². The predicted octanol–water partition coefficient (Wildman–Crippen LogP) is 0.968. The van der Waals surface area contributed by atoms with Crippen LogP contribution in [0.2, 0.25) is 0 Å². The average Bonchev–Trinajstić information content (AvgIpc) is 2.71. The Labute approximate surface area is 124 Å². The zero-order valence-corrected chi connectivity index (χ0v) is 13.4. The molecule has 0 amide bonds. The van der Waals surface area contributed by atoms with Crippen LogP contribution in [0.1, 0.15) is 39.0 Å². The molecule has 0 aromatic heterocycles. The van der Waals surface area contributed by atoms with Gasteiger partial charge in [0, 0.05) is 50.3 Å². The summed E-state index contributed by atoms with van der Waals surface area (Å²) in [6.45, 7) is 9.31. The van der Waals surface area contributed by atoms with Crippen LogP contribution in [-0.4, -0.2) is 78.6 Å². The zero-order chi connectivity index (χ0) is 14.2. The maximum atomic E-state index is 6.29. The summed E-state index contributed by atoms with van der Waals surface area (Å²) >= 11 is 0. The molecule has 2 unspecified atom stereocenters. The first-order chi connectivity index (χ1) is 9.68. The number of piperidine rings is 1. The third-order valence-corrected chi connectivity index (χ3v) is 6.18. The molecule has 2 N–H and O–H groups in total. The van der Waals surface area contributed by atoms with Gasteiger partial charge >= 0.3 is 0 Å². The molecule has 3 aliphatic heterocycles. The number of nitrogens with two attached hydrogens (primary N) is 1. The summed E-state index contributed by atoms with van der Waals surface area (Å²) in [5.41, 5.74) is 6.59. The van der Waals surface area contributed by atoms with Crippen LogP contribution in [0.15, 0.2) is 0 Å². The van der Waals surface area contributed by atoms with Crippen molar-refractivity contribution in [3.05, 3.63) is 0 Å². The molecule has 2 bridgehead atoms. The molecular formula is C16H32N4. The Kier molecular flexibility index (Phi) is 4.37. The fourth-order valence-corrected chi connectivity index (χ4v) is 4.86. The first-order valence-corrected chi connectivity index (χ1v) is 8.58. The Morgan fingerprint density at radius 3 is 2.15 bits per heavy atom. The predicted molar refractivity (Wildman–Crippen MR) is 83.9 cm³/mol. The van der Waals surface area contributed by atoms with Gasteiger partial charge in [-0.05, 0) is 45.7 Å². The molecule has 4 nitrogen and oxygen atoms in total. The first-order valence-electron chi connectivity index (χ1n) is 8.58. The van der Waals surface area contributed by atoms with Gasteiger partial charge in [0.2, 0.25) is 0 Å². The van der Waals surface area contributed by atoms with Gasteiger partial charge in [-0.2, -0.15) is 0 Å². The third-order valence-electron chi connectivity index (χ3n) is 6.18. The molecule has 3 saturated heterocycles. The molecule has 3 rings (SSSR count). The van der Waals surface area contributed by atoms with Crippen molar-refractivity contribution in [1.82, 2.24) is 14.7 Å². The minimum Gasteiger partial charge on any atom is -0.329 e. The average molecular weight is 280 g/mol. The van der Waals surface area contributed by atoms with E-state index in [9.17, 15) is 0 Å². The fraction of sp³-hybridized carbons (Fsp3) is 1.00. The van der Waals surface area contributed by atoms with Crippen LogP contribution in [0.25, 0.3) is 0 Å². The summed E-state index contributed by atoms with van der Waals surface area (Å²) in [4.78, 5) is 7.99. The fourth-order valence-electron chi connectivity index (χ4n) is 4.86. The van der Waals surface area contributed by atoms with E-state index in [1.165, 1.54) is 64.8 Å². The second-order valence-electron chi connectivity index (χ2n) is 7.22. The van der Waals surface area contributed by atoms with E-state index in [2.05, 4.69) is 28.7 Å². The zero-order valence-electron chi connectivity index (χ0n) is 13.4. The van der Waals surface area contributed by atoms with Crippen LogP contribution in [0.4, 0.5) is 0 Å². The summed E-state index contributed by atoms with van der Waals surface area (Å²) in [6.07, 6.45) is 6.64. The van der Waals surface area contributed by atoms with Gasteiger partial charge in [0.15, 0.2) is 0 Å². The topological polar surface area (TPSA) is 35.7 Å². The first kappa shape index (κ1) is 14.8. The maximum absolute atomic E-state index is 6.29. The largest absolute Gasteiger partial charge is 0.329 e. The van der Waals surface area contributed by atoms with Crippen LogP contribution in [0, 0.1) is 0 Å². The van der Waals surface area contributed by atoms with Gasteiger partial charge in [-0.3, -0.25) is 4.90 Å². The van der Waals surface area contributed by atoms with Crippen molar-refractivity contribution in [3.8, 4) is 0 Å². The second-order valence-corrected chi connectivity index (χ2v) is 7.22. The molecule has 3 fully saturated rings. The molecule has 0 radical (unpaired) electrons. The number of piperazine rings is 1. The van der Waals surface area contributed by atoms with Crippen LogP contribution >= 0.6 is 0 Å². The Morgan fingerprint density at radius 2 is 1.65 bits per heavy atom. The molecule has 2 atom stereocenters. The van der Waals surface area contributed by atoms with Crippen molar-refractivity contribution in [2.75, 3.05) is 46.3 Å². The van der Waals surface area contributed by atoms with Gasteiger partial charge in [-0.15, -0.1) is 0 Å². The van der Waals surface area contributed by atoms with E-state index in [-0.39, 0.29) is 0 Å². The summed E-state index contributed by atoms with van der Waals surface area (Å²) in [7, 11) is 2.32. The Bertz CT molecular complexity index is 310. The Balaban J connectivity index is 1.65. The molecule has 4 heteroatoms. The minimum absolute atomic E-state index is 0.302. The highest BCUT2D eigenvalue weighted by atomic mass is 15.3. The van der Waals surface area contributed by atoms with E-state index in [4.69, 9.17) is 5.73 Å². The van der Waals surface area contributed by atoms with Crippen molar-refractivity contribution in [2.45, 2.75) is 56.7 Å². The second kappa shape index (κ2) is 5.91. The molecule has 116 valence electrons. The van der Waals surface area contributed by atoms with E-state index in [1.807, 2.05) is 0 Å². The molecule has 0 aromatic rings. The molecule has 3 heterocycles. The highest BCUT2D eigenvalue weighted by molar-refractivity contribution is 5.07. The molecule has 0 spiro atoms. The van der Waals surface area contributed by atoms with Crippen LogP contribution in [-0.2, 0) is 0 Å². The number of nitrogens with zero attached hydrogens (tertiary/aromatic N) is 3. The van der Waals surface area contributed by atoms with Crippen molar-refractivity contribution in [1.29, 1.82) is 0 Å². The number of hydrogen-bond donors (Lipinski definition) is 1. The molecular weight excluding hydrogens is 248 g/mol. The molecule has 0 aliphatic carbocycles. The molecule has 3 aliphatic rings. The van der Waals surface area contributed by atoms with Gasteiger partial charge in [0.1, 0.15) is 0 Å². The number of hydrogen-bond acceptors (Lipinski definition) is 4. The van der Waals surface area contributed by atoms with Gasteiger partial charge in [-0.1, -0.05) is 6.92 Å². The Hall–Kier alpha value is -0.160. The lowest BCUT2D eigenvalue weighted by molar-refractivity contribution is -0.0244. The lowest BCUT2D eigenvalue weighted by atomic mass is 9.81. The van der Waals surface area contributed by atoms with E-state index in [1.54, 1.807) is 0 Å². The van der Waals surface area contributed by atoms with E-state index < -0.39 is 0 Å². The Morgan fingerprint density at radius 1 is 1.05 bits per heavy atom. The summed E-state index contributed by atoms with van der Waals surface area (Å²) in [6, 6.07) is 1.57. The number of fused-ring (bicyclic) bond motifs is 2. The lowest BCUT2D eigenvalue weighted by Gasteiger charge is -2.53. The third kappa shape index (κ3) is 2.52. The van der Waals surface area contributed by atoms with Crippen LogP contribution in [0.5, 0.6) is 0 Å². The normalized spacial score (nSPS) is 40.4. The number of rotatable bonds is 4. The highest BCUT2D eigenvalue weighted by Gasteiger charge is 2.49. The van der Waals surface area contributed by atoms with Gasteiger partial charge < -0.3 is 15.5 Å². The van der Waals surface area contributed by atoms with Gasteiger partial charge in [0.25, 0.3) is 0 Å². The van der Waals surface area contributed by atoms with E-state index in [0.29, 0.717) is 5.54 Å². The van der Waals surface area contributed by atoms with Crippen molar-refractivity contribution >= 4 is 0 Å². The molecule has 20 heavy (non-hydrogen) atoms. The van der Waals surface area contributed by atoms with Crippen LogP contribution in [0.3, 0.4) is 0 Å². The smallest absolute Gasteiger partial charge is 0.0362 e. The van der Waals surface area contributed by atoms with Crippen molar-refractivity contribution < 1.29 is 0 Å². The van der Waals surface area contributed by atoms with E-state index in [0.717, 1.165) is 18.6 Å². The standard InChI is InChI=1S/C16H32N4/c1-3-6-19-7-9-20(10-8-19)16(13-17)11-14-4-5-15(12-16)18(14)2/h14-15H,3-13,17H2,1-2H3. The van der Waals surface area contributed by atoms with Gasteiger partial charge in [0.05, 0.1) is 0 Å². The van der Waals surface area contributed by atoms with Crippen molar-refractivity contribution in [3.63, 3.8) is 0 Å². The minimum atomic E-state index is 0.302. The SMILES string of the molecule is CCCN1CCN(C2(CN)CC3CCC(C2)N3C)CC1. The highest BCUT2D eigenvalue weighted by Crippen LogP contribution is 2.42. The van der Waals surface area contributed by atoms with E-state index >= 15 is 0 Å². The quantitative estimate of drug-likeness (QED) is 0.832. The lowest BCUT2D eigenvalue weighted by Crippen LogP contribution is -2.65. The monoisotopic (exact) mass is 280 g/mol. The maximum Gasteiger partial charge on any atom is 0.0362 e. The summed E-state index contributed by atoms with van der Waals surface area (Å²) in [5, 5.41) is 0. The summed E-state index contributed by atoms with van der Waals surface area (Å²) in [5.74, 6) is 0. The molecule has 0 aromatic carbocycles. The van der Waals surface area contributed by atoms with Crippen LogP contribution < -0.4 is 5.73 Å². The molecule has 0 saturated carbocycles.